The van der Waals surface area contributed by atoms with Crippen molar-refractivity contribution in [3.63, 3.8) is 0 Å². The highest BCUT2D eigenvalue weighted by Gasteiger charge is 2.22. The van der Waals surface area contributed by atoms with E-state index in [1.165, 1.54) is 12.1 Å². The summed E-state index contributed by atoms with van der Waals surface area (Å²) >= 11 is 0. The predicted octanol–water partition coefficient (Wildman–Crippen LogP) is 4.31. The van der Waals surface area contributed by atoms with Gasteiger partial charge < -0.3 is 10.5 Å². The maximum atomic E-state index is 14.2. The van der Waals surface area contributed by atoms with E-state index < -0.39 is 17.4 Å². The van der Waals surface area contributed by atoms with Crippen LogP contribution in [-0.4, -0.2) is 26.3 Å². The summed E-state index contributed by atoms with van der Waals surface area (Å²) in [4.78, 5) is 16.6. The number of aromatic nitrogens is 3. The van der Waals surface area contributed by atoms with Gasteiger partial charge in [-0.25, -0.2) is 14.2 Å². The molecule has 28 heavy (non-hydrogen) atoms. The van der Waals surface area contributed by atoms with Crippen LogP contribution in [0, 0.1) is 5.82 Å². The van der Waals surface area contributed by atoms with Crippen LogP contribution in [0.1, 0.15) is 38.1 Å². The first-order chi connectivity index (χ1) is 13.2. The number of ether oxygens (including phenoxy) is 1. The number of halogens is 1. The third-order valence-corrected chi connectivity index (χ3v) is 4.11. The number of hydrogen-bond donors (Lipinski definition) is 1. The molecule has 0 amide bonds. The third-order valence-electron chi connectivity index (χ3n) is 4.11. The van der Waals surface area contributed by atoms with Crippen LogP contribution < -0.4 is 5.73 Å². The minimum Gasteiger partial charge on any atom is -0.456 e. The van der Waals surface area contributed by atoms with Crippen molar-refractivity contribution in [3.8, 4) is 22.3 Å². The van der Waals surface area contributed by atoms with Crippen molar-refractivity contribution in [1.29, 1.82) is 0 Å². The van der Waals surface area contributed by atoms with E-state index in [2.05, 4.69) is 10.1 Å². The summed E-state index contributed by atoms with van der Waals surface area (Å²) < 4.78 is 21.3. The molecule has 0 aliphatic heterocycles. The lowest BCUT2D eigenvalue weighted by molar-refractivity contribution is 0.00648. The van der Waals surface area contributed by atoms with Crippen LogP contribution in [-0.2, 0) is 11.3 Å². The largest absolute Gasteiger partial charge is 0.456 e. The van der Waals surface area contributed by atoms with E-state index in [1.807, 2.05) is 23.9 Å². The molecule has 6 nitrogen and oxygen atoms in total. The molecule has 0 saturated carbocycles. The van der Waals surface area contributed by atoms with Crippen LogP contribution in [0.4, 0.5) is 10.2 Å². The van der Waals surface area contributed by atoms with Crippen LogP contribution >= 0.6 is 0 Å². The fraction of sp³-hybridized carbons (Fsp3) is 0.286. The Morgan fingerprint density at radius 3 is 2.57 bits per heavy atom. The molecule has 0 aliphatic rings. The summed E-state index contributed by atoms with van der Waals surface area (Å²) in [5.41, 5.74) is 8.09. The average molecular weight is 382 g/mol. The molecule has 2 aromatic heterocycles. The zero-order valence-electron chi connectivity index (χ0n) is 16.4. The Labute approximate surface area is 163 Å². The Bertz CT molecular complexity index is 1020. The predicted molar refractivity (Wildman–Crippen MR) is 106 cm³/mol. The van der Waals surface area contributed by atoms with Crippen molar-refractivity contribution in [2.24, 2.45) is 0 Å². The molecule has 1 aromatic carbocycles. The minimum atomic E-state index is -0.723. The number of carbonyl (C=O) groups excluding carboxylic acids is 1. The van der Waals surface area contributed by atoms with Crippen molar-refractivity contribution >= 4 is 11.8 Å². The van der Waals surface area contributed by atoms with Gasteiger partial charge in [0, 0.05) is 35.6 Å². The number of nitrogens with two attached hydrogens (primary N) is 1. The van der Waals surface area contributed by atoms with Crippen LogP contribution in [0.25, 0.3) is 22.3 Å². The first-order valence-corrected chi connectivity index (χ1v) is 8.99. The van der Waals surface area contributed by atoms with E-state index in [0.29, 0.717) is 11.1 Å². The fourth-order valence-electron chi connectivity index (χ4n) is 2.73. The zero-order chi connectivity index (χ0) is 20.5. The molecule has 3 rings (SSSR count). The van der Waals surface area contributed by atoms with Crippen LogP contribution in [0.15, 0.2) is 42.9 Å². The Morgan fingerprint density at radius 1 is 1.18 bits per heavy atom. The molecule has 3 aromatic rings. The molecule has 2 N–H and O–H groups in total. The van der Waals surface area contributed by atoms with Crippen LogP contribution in [0.2, 0.25) is 0 Å². The number of anilines is 1. The van der Waals surface area contributed by atoms with Gasteiger partial charge in [-0.3, -0.25) is 4.68 Å². The van der Waals surface area contributed by atoms with Gasteiger partial charge in [0.25, 0.3) is 0 Å². The van der Waals surface area contributed by atoms with E-state index in [9.17, 15) is 9.18 Å². The van der Waals surface area contributed by atoms with Gasteiger partial charge in [0.2, 0.25) is 0 Å². The molecular formula is C21H23FN4O2. The second kappa shape index (κ2) is 7.42. The highest BCUT2D eigenvalue weighted by molar-refractivity contribution is 5.92. The molecule has 0 unspecified atom stereocenters. The first-order valence-electron chi connectivity index (χ1n) is 8.99. The molecule has 0 radical (unpaired) electrons. The number of nitrogens with zero attached hydrogens (tertiary/aromatic N) is 3. The van der Waals surface area contributed by atoms with Gasteiger partial charge in [-0.05, 0) is 51.5 Å². The number of esters is 1. The summed E-state index contributed by atoms with van der Waals surface area (Å²) in [6.45, 7) is 7.95. The van der Waals surface area contributed by atoms with E-state index in [1.54, 1.807) is 39.2 Å². The van der Waals surface area contributed by atoms with Crippen molar-refractivity contribution in [3.05, 3.63) is 54.2 Å². The number of carbonyl (C=O) groups is 1. The summed E-state index contributed by atoms with van der Waals surface area (Å²) in [6, 6.07) is 6.09. The van der Waals surface area contributed by atoms with E-state index in [0.717, 1.165) is 17.7 Å². The standard InChI is InChI=1S/C21H23FN4O2/c1-5-26-12-15(11-25-26)14-9-16(19(23)24-10-14)13-6-7-18(22)17(8-13)20(27)28-21(2,3)4/h6-12H,5H2,1-4H3,(H2,23,24). The van der Waals surface area contributed by atoms with Gasteiger partial charge in [0.15, 0.2) is 0 Å². The lowest BCUT2D eigenvalue weighted by Gasteiger charge is -2.20. The maximum Gasteiger partial charge on any atom is 0.341 e. The normalized spacial score (nSPS) is 11.5. The van der Waals surface area contributed by atoms with E-state index in [-0.39, 0.29) is 11.4 Å². The maximum absolute atomic E-state index is 14.2. The number of pyridine rings is 1. The third kappa shape index (κ3) is 4.19. The molecule has 0 saturated heterocycles. The molecule has 7 heteroatoms. The second-order valence-corrected chi connectivity index (χ2v) is 7.44. The monoisotopic (exact) mass is 382 g/mol. The molecule has 0 fully saturated rings. The number of hydrogen-bond acceptors (Lipinski definition) is 5. The van der Waals surface area contributed by atoms with Crippen molar-refractivity contribution in [1.82, 2.24) is 14.8 Å². The summed E-state index contributed by atoms with van der Waals surface area (Å²) in [5.74, 6) is -1.09. The van der Waals surface area contributed by atoms with Crippen LogP contribution in [0.5, 0.6) is 0 Å². The average Bonchev–Trinajstić information content (AvgIpc) is 3.10. The highest BCUT2D eigenvalue weighted by Crippen LogP contribution is 2.31. The molecule has 0 bridgehead atoms. The minimum absolute atomic E-state index is 0.143. The Morgan fingerprint density at radius 2 is 1.93 bits per heavy atom. The van der Waals surface area contributed by atoms with E-state index >= 15 is 0 Å². The van der Waals surface area contributed by atoms with E-state index in [4.69, 9.17) is 10.5 Å². The number of nitrogen functional groups attached to an aromatic ring is 1. The Kier molecular flexibility index (Phi) is 5.18. The molecular weight excluding hydrogens is 359 g/mol. The second-order valence-electron chi connectivity index (χ2n) is 7.44. The zero-order valence-corrected chi connectivity index (χ0v) is 16.4. The molecule has 146 valence electrons. The lowest BCUT2D eigenvalue weighted by Crippen LogP contribution is -2.24. The summed E-state index contributed by atoms with van der Waals surface area (Å²) in [7, 11) is 0. The van der Waals surface area contributed by atoms with Gasteiger partial charge in [0.05, 0.1) is 11.8 Å². The summed E-state index contributed by atoms with van der Waals surface area (Å²) in [5, 5.41) is 4.27. The van der Waals surface area contributed by atoms with Gasteiger partial charge in [-0.2, -0.15) is 5.10 Å². The van der Waals surface area contributed by atoms with Crippen molar-refractivity contribution in [2.45, 2.75) is 39.8 Å². The Hall–Kier alpha value is -3.22. The smallest absolute Gasteiger partial charge is 0.341 e. The molecule has 0 spiro atoms. The van der Waals surface area contributed by atoms with Gasteiger partial charge in [0.1, 0.15) is 17.2 Å². The highest BCUT2D eigenvalue weighted by atomic mass is 19.1. The van der Waals surface area contributed by atoms with Gasteiger partial charge >= 0.3 is 5.97 Å². The first kappa shape index (κ1) is 19.5. The SMILES string of the molecule is CCn1cc(-c2cnc(N)c(-c3ccc(F)c(C(=O)OC(C)(C)C)c3)c2)cn1. The number of benzene rings is 1. The van der Waals surface area contributed by atoms with Gasteiger partial charge in [-0.15, -0.1) is 0 Å². The molecule has 0 atom stereocenters. The number of rotatable bonds is 4. The molecule has 2 heterocycles. The topological polar surface area (TPSA) is 83.0 Å². The van der Waals surface area contributed by atoms with Gasteiger partial charge in [-0.1, -0.05) is 6.07 Å². The fourth-order valence-corrected chi connectivity index (χ4v) is 2.73. The number of aryl methyl sites for hydroxylation is 1. The van der Waals surface area contributed by atoms with Crippen molar-refractivity contribution in [2.75, 3.05) is 5.73 Å². The quantitative estimate of drug-likeness (QED) is 0.680. The lowest BCUT2D eigenvalue weighted by atomic mass is 10.0. The van der Waals surface area contributed by atoms with Crippen molar-refractivity contribution < 1.29 is 13.9 Å². The molecule has 0 aliphatic carbocycles. The Balaban J connectivity index is 2.02. The van der Waals surface area contributed by atoms with Crippen LogP contribution in [0.3, 0.4) is 0 Å². The summed E-state index contributed by atoms with van der Waals surface area (Å²) in [6.07, 6.45) is 5.32.